The van der Waals surface area contributed by atoms with Crippen LogP contribution < -0.4 is 0 Å². The number of nitro benzene ring substituents is 1. The molecule has 0 aliphatic heterocycles. The van der Waals surface area contributed by atoms with Crippen LogP contribution in [0.3, 0.4) is 0 Å². The molecule has 3 aromatic rings. The predicted molar refractivity (Wildman–Crippen MR) is 90.0 cm³/mol. The van der Waals surface area contributed by atoms with E-state index in [0.717, 1.165) is 27.8 Å². The first-order valence-electron chi connectivity index (χ1n) is 7.66. The Morgan fingerprint density at radius 1 is 0.917 bits per heavy atom. The van der Waals surface area contributed by atoms with E-state index in [1.54, 1.807) is 25.0 Å². The monoisotopic (exact) mass is 325 g/mol. The van der Waals surface area contributed by atoms with Crippen molar-refractivity contribution in [2.45, 2.75) is 33.9 Å². The second-order valence-corrected chi connectivity index (χ2v) is 5.91. The third-order valence-electron chi connectivity index (χ3n) is 4.50. The highest BCUT2D eigenvalue weighted by Gasteiger charge is 2.24. The van der Waals surface area contributed by atoms with Crippen LogP contribution in [0.2, 0.25) is 0 Å². The van der Waals surface area contributed by atoms with Gasteiger partial charge in [-0.15, -0.1) is 0 Å². The van der Waals surface area contributed by atoms with E-state index >= 15 is 0 Å². The van der Waals surface area contributed by atoms with Crippen LogP contribution >= 0.6 is 0 Å². The van der Waals surface area contributed by atoms with Gasteiger partial charge in [0.05, 0.1) is 17.6 Å². The van der Waals surface area contributed by atoms with Crippen molar-refractivity contribution in [3.05, 3.63) is 75.4 Å². The highest BCUT2D eigenvalue weighted by atomic mass is 16.6. The van der Waals surface area contributed by atoms with E-state index in [1.165, 1.54) is 0 Å². The summed E-state index contributed by atoms with van der Waals surface area (Å²) in [6, 6.07) is 0. The van der Waals surface area contributed by atoms with Gasteiger partial charge in [0.25, 0.3) is 5.69 Å². The van der Waals surface area contributed by atoms with Gasteiger partial charge in [0.2, 0.25) is 0 Å². The lowest BCUT2D eigenvalue weighted by atomic mass is 9.91. The van der Waals surface area contributed by atoms with E-state index in [0.29, 0.717) is 13.1 Å². The fourth-order valence-corrected chi connectivity index (χ4v) is 3.19. The van der Waals surface area contributed by atoms with Gasteiger partial charge in [0.1, 0.15) is 0 Å². The molecule has 24 heavy (non-hydrogen) atoms. The second kappa shape index (κ2) is 6.27. The fourth-order valence-electron chi connectivity index (χ4n) is 3.19. The van der Waals surface area contributed by atoms with E-state index < -0.39 is 0 Å². The number of nitrogens with zero attached hydrogens (tertiary/aromatic N) is 5. The maximum atomic E-state index is 11.6. The quantitative estimate of drug-likeness (QED) is 0.533. The van der Waals surface area contributed by atoms with E-state index in [-0.39, 0.29) is 10.6 Å². The summed E-state index contributed by atoms with van der Waals surface area (Å²) in [4.78, 5) is 19.5. The first kappa shape index (κ1) is 15.9. The lowest BCUT2D eigenvalue weighted by Gasteiger charge is -2.19. The van der Waals surface area contributed by atoms with Crippen molar-refractivity contribution in [1.82, 2.24) is 19.1 Å². The average molecular weight is 325 g/mol. The zero-order valence-corrected chi connectivity index (χ0v) is 13.9. The average Bonchev–Trinajstić information content (AvgIpc) is 3.21. The van der Waals surface area contributed by atoms with Crippen LogP contribution in [0.1, 0.15) is 27.8 Å². The Balaban J connectivity index is 2.16. The van der Waals surface area contributed by atoms with Crippen molar-refractivity contribution in [2.75, 3.05) is 0 Å². The largest absolute Gasteiger partial charge is 0.333 e. The van der Waals surface area contributed by atoms with E-state index in [1.807, 2.05) is 42.3 Å². The summed E-state index contributed by atoms with van der Waals surface area (Å²) in [5, 5.41) is 11.6. The number of aromatic nitrogens is 4. The fraction of sp³-hybridized carbons (Fsp3) is 0.294. The van der Waals surface area contributed by atoms with E-state index in [9.17, 15) is 10.1 Å². The van der Waals surface area contributed by atoms with Gasteiger partial charge in [-0.05, 0) is 37.5 Å². The number of benzene rings is 1. The van der Waals surface area contributed by atoms with Crippen LogP contribution in [0.25, 0.3) is 0 Å². The summed E-state index contributed by atoms with van der Waals surface area (Å²) >= 11 is 0. The summed E-state index contributed by atoms with van der Waals surface area (Å²) < 4.78 is 3.85. The molecule has 0 fully saturated rings. The molecule has 0 bridgehead atoms. The van der Waals surface area contributed by atoms with E-state index in [2.05, 4.69) is 9.97 Å². The molecule has 7 heteroatoms. The van der Waals surface area contributed by atoms with Gasteiger partial charge >= 0.3 is 0 Å². The van der Waals surface area contributed by atoms with Gasteiger partial charge in [0.15, 0.2) is 0 Å². The molecule has 2 aromatic heterocycles. The molecule has 3 rings (SSSR count). The van der Waals surface area contributed by atoms with Gasteiger partial charge in [-0.2, -0.15) is 0 Å². The molecular weight excluding hydrogens is 306 g/mol. The van der Waals surface area contributed by atoms with Crippen LogP contribution in [-0.2, 0) is 13.1 Å². The first-order valence-corrected chi connectivity index (χ1v) is 7.66. The topological polar surface area (TPSA) is 78.8 Å². The van der Waals surface area contributed by atoms with Crippen molar-refractivity contribution < 1.29 is 4.92 Å². The van der Waals surface area contributed by atoms with Crippen molar-refractivity contribution in [3.63, 3.8) is 0 Å². The van der Waals surface area contributed by atoms with Crippen molar-refractivity contribution >= 4 is 5.69 Å². The molecule has 0 N–H and O–H groups in total. The van der Waals surface area contributed by atoms with Crippen LogP contribution in [0, 0.1) is 30.9 Å². The molecule has 2 heterocycles. The van der Waals surface area contributed by atoms with Crippen molar-refractivity contribution in [3.8, 4) is 0 Å². The summed E-state index contributed by atoms with van der Waals surface area (Å²) in [6.45, 7) is 6.81. The normalized spacial score (nSPS) is 11.0. The van der Waals surface area contributed by atoms with Crippen molar-refractivity contribution in [1.29, 1.82) is 0 Å². The molecule has 0 amide bonds. The Morgan fingerprint density at radius 2 is 1.38 bits per heavy atom. The highest BCUT2D eigenvalue weighted by Crippen LogP contribution is 2.33. The molecule has 0 spiro atoms. The number of hydrogen-bond donors (Lipinski definition) is 0. The number of rotatable bonds is 5. The molecule has 0 saturated carbocycles. The summed E-state index contributed by atoms with van der Waals surface area (Å²) in [6.07, 6.45) is 10.6. The minimum absolute atomic E-state index is 0.200. The molecule has 0 unspecified atom stereocenters. The van der Waals surface area contributed by atoms with Crippen LogP contribution in [0.5, 0.6) is 0 Å². The molecule has 0 saturated heterocycles. The zero-order valence-electron chi connectivity index (χ0n) is 13.9. The minimum Gasteiger partial charge on any atom is -0.333 e. The Bertz CT molecular complexity index is 804. The lowest BCUT2D eigenvalue weighted by Crippen LogP contribution is -2.12. The molecule has 0 aliphatic rings. The molecule has 124 valence electrons. The van der Waals surface area contributed by atoms with Gasteiger partial charge in [0, 0.05) is 49.0 Å². The van der Waals surface area contributed by atoms with Gasteiger partial charge < -0.3 is 9.13 Å². The number of nitro groups is 1. The Hall–Kier alpha value is -2.96. The first-order chi connectivity index (χ1) is 11.5. The minimum atomic E-state index is -0.279. The summed E-state index contributed by atoms with van der Waals surface area (Å²) in [5.41, 5.74) is 4.67. The zero-order chi connectivity index (χ0) is 17.3. The van der Waals surface area contributed by atoms with Gasteiger partial charge in [-0.1, -0.05) is 0 Å². The molecule has 0 radical (unpaired) electrons. The molecular formula is C17H19N5O2. The second-order valence-electron chi connectivity index (χ2n) is 5.91. The molecule has 1 aromatic carbocycles. The lowest BCUT2D eigenvalue weighted by molar-refractivity contribution is -0.386. The maximum Gasteiger partial charge on any atom is 0.275 e. The van der Waals surface area contributed by atoms with Crippen molar-refractivity contribution in [2.24, 2.45) is 0 Å². The smallest absolute Gasteiger partial charge is 0.275 e. The molecule has 7 nitrogen and oxygen atoms in total. The van der Waals surface area contributed by atoms with Crippen LogP contribution in [0.4, 0.5) is 5.69 Å². The standard InChI is InChI=1S/C17H19N5O2/c1-12-15(8-20-6-4-18-10-20)13(2)17(22(23)24)14(3)16(12)9-21-7-5-19-11-21/h4-7,10-11H,8-9H2,1-3H3. The van der Waals surface area contributed by atoms with Gasteiger partial charge in [-0.3, -0.25) is 10.1 Å². The third-order valence-corrected chi connectivity index (χ3v) is 4.50. The third kappa shape index (κ3) is 2.80. The van der Waals surface area contributed by atoms with Crippen LogP contribution in [-0.4, -0.2) is 24.0 Å². The summed E-state index contributed by atoms with van der Waals surface area (Å²) in [7, 11) is 0. The SMILES string of the molecule is Cc1c(Cn2ccnc2)c(C)c([N+](=O)[O-])c(C)c1Cn1ccnc1. The Labute approximate surface area is 139 Å². The molecule has 0 aliphatic carbocycles. The number of hydrogen-bond acceptors (Lipinski definition) is 4. The Kier molecular flexibility index (Phi) is 4.16. The summed E-state index contributed by atoms with van der Waals surface area (Å²) in [5.74, 6) is 0. The highest BCUT2D eigenvalue weighted by molar-refractivity contribution is 5.58. The van der Waals surface area contributed by atoms with E-state index in [4.69, 9.17) is 0 Å². The van der Waals surface area contributed by atoms with Crippen LogP contribution in [0.15, 0.2) is 37.4 Å². The number of imidazole rings is 2. The predicted octanol–water partition coefficient (Wildman–Crippen LogP) is 3.01. The molecule has 0 atom stereocenters. The maximum absolute atomic E-state index is 11.6. The Morgan fingerprint density at radius 3 is 1.71 bits per heavy atom. The van der Waals surface area contributed by atoms with Gasteiger partial charge in [-0.25, -0.2) is 9.97 Å².